The topological polar surface area (TPSA) is 64.6 Å². The van der Waals surface area contributed by atoms with Crippen LogP contribution in [0.25, 0.3) is 0 Å². The van der Waals surface area contributed by atoms with E-state index in [1.807, 2.05) is 24.3 Å². The van der Waals surface area contributed by atoms with Gasteiger partial charge in [0.25, 0.3) is 5.91 Å². The number of anilines is 1. The summed E-state index contributed by atoms with van der Waals surface area (Å²) in [5.74, 6) is 0.376. The Morgan fingerprint density at radius 2 is 2.00 bits per heavy atom. The van der Waals surface area contributed by atoms with E-state index in [1.165, 1.54) is 23.3 Å². The van der Waals surface area contributed by atoms with Gasteiger partial charge < -0.3 is 14.8 Å². The highest BCUT2D eigenvalue weighted by Crippen LogP contribution is 2.38. The van der Waals surface area contributed by atoms with Crippen molar-refractivity contribution in [3.05, 3.63) is 45.8 Å². The van der Waals surface area contributed by atoms with E-state index in [2.05, 4.69) is 19.2 Å². The summed E-state index contributed by atoms with van der Waals surface area (Å²) < 4.78 is 10.6. The lowest BCUT2D eigenvalue weighted by molar-refractivity contribution is -0.118. The van der Waals surface area contributed by atoms with Gasteiger partial charge in [-0.2, -0.15) is 0 Å². The number of methoxy groups -OCH3 is 1. The lowest BCUT2D eigenvalue weighted by Crippen LogP contribution is -2.21. The fourth-order valence-electron chi connectivity index (χ4n) is 3.25. The van der Waals surface area contributed by atoms with Crippen LogP contribution in [0.5, 0.6) is 5.75 Å². The maximum absolute atomic E-state index is 12.4. The zero-order chi connectivity index (χ0) is 19.4. The second kappa shape index (κ2) is 8.57. The summed E-state index contributed by atoms with van der Waals surface area (Å²) >= 11 is 1.47. The molecular weight excluding hydrogens is 362 g/mol. The molecule has 5 nitrogen and oxygen atoms in total. The maximum Gasteiger partial charge on any atom is 0.341 e. The number of nitrogens with one attached hydrogen (secondary N) is 1. The van der Waals surface area contributed by atoms with Crippen molar-refractivity contribution < 1.29 is 19.1 Å². The van der Waals surface area contributed by atoms with Crippen molar-refractivity contribution in [2.45, 2.75) is 45.4 Å². The van der Waals surface area contributed by atoms with Gasteiger partial charge in [0, 0.05) is 4.88 Å². The third kappa shape index (κ3) is 4.50. The van der Waals surface area contributed by atoms with E-state index >= 15 is 0 Å². The molecule has 1 heterocycles. The van der Waals surface area contributed by atoms with Crippen LogP contribution in [0.4, 0.5) is 5.00 Å². The minimum absolute atomic E-state index is 0.106. The molecule has 27 heavy (non-hydrogen) atoms. The number of ether oxygens (including phenoxy) is 2. The van der Waals surface area contributed by atoms with Crippen LogP contribution in [0.1, 0.15) is 59.0 Å². The van der Waals surface area contributed by atoms with Crippen LogP contribution in [-0.2, 0) is 22.4 Å². The lowest BCUT2D eigenvalue weighted by Gasteiger charge is -2.12. The number of hydrogen-bond acceptors (Lipinski definition) is 5. The molecule has 0 saturated carbocycles. The van der Waals surface area contributed by atoms with Gasteiger partial charge in [0.15, 0.2) is 6.61 Å². The number of benzene rings is 1. The van der Waals surface area contributed by atoms with Gasteiger partial charge in [0.2, 0.25) is 0 Å². The molecule has 1 N–H and O–H groups in total. The third-order valence-electron chi connectivity index (χ3n) is 4.71. The molecule has 0 spiro atoms. The number of hydrogen-bond donors (Lipinski definition) is 1. The van der Waals surface area contributed by atoms with Crippen molar-refractivity contribution in [2.24, 2.45) is 0 Å². The number of thiophene rings is 1. The maximum atomic E-state index is 12.4. The molecular formula is C21H25NO4S. The fourth-order valence-corrected chi connectivity index (χ4v) is 4.54. The molecule has 1 aliphatic rings. The molecule has 0 radical (unpaired) electrons. The van der Waals surface area contributed by atoms with Gasteiger partial charge in [0.1, 0.15) is 10.8 Å². The predicted octanol–water partition coefficient (Wildman–Crippen LogP) is 4.55. The normalized spacial score (nSPS) is 13.2. The average Bonchev–Trinajstić information content (AvgIpc) is 3.03. The van der Waals surface area contributed by atoms with Crippen LogP contribution >= 0.6 is 11.3 Å². The number of rotatable bonds is 6. The molecule has 144 valence electrons. The highest BCUT2D eigenvalue weighted by Gasteiger charge is 2.26. The summed E-state index contributed by atoms with van der Waals surface area (Å²) in [7, 11) is 1.37. The van der Waals surface area contributed by atoms with Gasteiger partial charge in [-0.1, -0.05) is 26.0 Å². The van der Waals surface area contributed by atoms with Crippen molar-refractivity contribution in [1.29, 1.82) is 0 Å². The summed E-state index contributed by atoms with van der Waals surface area (Å²) in [4.78, 5) is 25.8. The van der Waals surface area contributed by atoms with Gasteiger partial charge in [-0.05, 0) is 54.9 Å². The number of amides is 1. The Bertz CT molecular complexity index is 841. The van der Waals surface area contributed by atoms with Crippen LogP contribution in [-0.4, -0.2) is 25.6 Å². The van der Waals surface area contributed by atoms with E-state index in [4.69, 9.17) is 9.47 Å². The number of esters is 1. The Labute approximate surface area is 163 Å². The quantitative estimate of drug-likeness (QED) is 0.738. The Hall–Kier alpha value is -2.34. The van der Waals surface area contributed by atoms with E-state index in [0.29, 0.717) is 22.2 Å². The van der Waals surface area contributed by atoms with Crippen molar-refractivity contribution in [3.63, 3.8) is 0 Å². The van der Waals surface area contributed by atoms with Crippen LogP contribution in [0.2, 0.25) is 0 Å². The molecule has 1 amide bonds. The first-order valence-electron chi connectivity index (χ1n) is 9.25. The molecule has 2 aromatic rings. The zero-order valence-electron chi connectivity index (χ0n) is 16.0. The van der Waals surface area contributed by atoms with Gasteiger partial charge in [0.05, 0.1) is 12.7 Å². The third-order valence-corrected chi connectivity index (χ3v) is 5.92. The molecule has 1 aromatic carbocycles. The molecule has 0 saturated heterocycles. The standard InChI is InChI=1S/C21H25NO4S/c1-13(2)14-7-6-8-15(11-14)26-12-18(23)22-20-19(21(24)25-3)16-9-4-5-10-17(16)27-20/h6-8,11,13H,4-5,9-10,12H2,1-3H3,(H,22,23). The highest BCUT2D eigenvalue weighted by atomic mass is 32.1. The van der Waals surface area contributed by atoms with Gasteiger partial charge in [-0.3, -0.25) is 4.79 Å². The highest BCUT2D eigenvalue weighted by molar-refractivity contribution is 7.17. The minimum atomic E-state index is -0.393. The van der Waals surface area contributed by atoms with Gasteiger partial charge in [-0.15, -0.1) is 11.3 Å². The summed E-state index contributed by atoms with van der Waals surface area (Å²) in [6.07, 6.45) is 3.95. The number of aryl methyl sites for hydroxylation is 1. The molecule has 1 aliphatic carbocycles. The molecule has 6 heteroatoms. The second-order valence-electron chi connectivity index (χ2n) is 6.97. The van der Waals surface area contributed by atoms with Crippen molar-refractivity contribution in [2.75, 3.05) is 19.0 Å². The van der Waals surface area contributed by atoms with Crippen LogP contribution in [0, 0.1) is 0 Å². The van der Waals surface area contributed by atoms with Crippen molar-refractivity contribution in [1.82, 2.24) is 0 Å². The predicted molar refractivity (Wildman–Crippen MR) is 107 cm³/mol. The van der Waals surface area contributed by atoms with Crippen molar-refractivity contribution >= 4 is 28.2 Å². The van der Waals surface area contributed by atoms with E-state index in [0.717, 1.165) is 36.8 Å². The first-order valence-corrected chi connectivity index (χ1v) is 10.1. The number of carbonyl (C=O) groups is 2. The van der Waals surface area contributed by atoms with Crippen LogP contribution < -0.4 is 10.1 Å². The second-order valence-corrected chi connectivity index (χ2v) is 8.08. The van der Waals surface area contributed by atoms with E-state index < -0.39 is 5.97 Å². The Kier molecular flexibility index (Phi) is 6.16. The monoisotopic (exact) mass is 387 g/mol. The van der Waals surface area contributed by atoms with E-state index in [1.54, 1.807) is 0 Å². The SMILES string of the molecule is COC(=O)c1c(NC(=O)COc2cccc(C(C)C)c2)sc2c1CCCC2. The summed E-state index contributed by atoms with van der Waals surface area (Å²) in [6.45, 7) is 4.11. The lowest BCUT2D eigenvalue weighted by atomic mass is 9.95. The Balaban J connectivity index is 1.70. The smallest absolute Gasteiger partial charge is 0.341 e. The minimum Gasteiger partial charge on any atom is -0.484 e. The number of carbonyl (C=O) groups excluding carboxylic acids is 2. The van der Waals surface area contributed by atoms with E-state index in [9.17, 15) is 9.59 Å². The molecule has 0 unspecified atom stereocenters. The van der Waals surface area contributed by atoms with Crippen molar-refractivity contribution in [3.8, 4) is 5.75 Å². The fraction of sp³-hybridized carbons (Fsp3) is 0.429. The Morgan fingerprint density at radius 1 is 1.22 bits per heavy atom. The average molecular weight is 388 g/mol. The first kappa shape index (κ1) is 19.4. The molecule has 0 atom stereocenters. The molecule has 1 aromatic heterocycles. The van der Waals surface area contributed by atoms with Gasteiger partial charge in [-0.25, -0.2) is 4.79 Å². The largest absolute Gasteiger partial charge is 0.484 e. The number of fused-ring (bicyclic) bond motifs is 1. The first-order chi connectivity index (χ1) is 13.0. The molecule has 0 bridgehead atoms. The molecule has 0 aliphatic heterocycles. The van der Waals surface area contributed by atoms with E-state index in [-0.39, 0.29) is 12.5 Å². The molecule has 0 fully saturated rings. The summed E-state index contributed by atoms with van der Waals surface area (Å²) in [6, 6.07) is 7.74. The molecule has 3 rings (SSSR count). The van der Waals surface area contributed by atoms with Crippen LogP contribution in [0.3, 0.4) is 0 Å². The summed E-state index contributed by atoms with van der Waals surface area (Å²) in [5, 5.41) is 3.41. The zero-order valence-corrected chi connectivity index (χ0v) is 16.8. The van der Waals surface area contributed by atoms with Crippen LogP contribution in [0.15, 0.2) is 24.3 Å². The van der Waals surface area contributed by atoms with Gasteiger partial charge >= 0.3 is 5.97 Å². The Morgan fingerprint density at radius 3 is 2.74 bits per heavy atom. The summed E-state index contributed by atoms with van der Waals surface area (Å²) in [5.41, 5.74) is 2.69.